The smallest absolute Gasteiger partial charge is 0.335 e. The number of carboxylic acid groups (broad SMARTS) is 1. The van der Waals surface area contributed by atoms with E-state index in [1.165, 1.54) is 12.1 Å². The molecule has 0 radical (unpaired) electrons. The van der Waals surface area contributed by atoms with Gasteiger partial charge in [-0.15, -0.1) is 0 Å². The van der Waals surface area contributed by atoms with E-state index in [1.807, 2.05) is 0 Å². The summed E-state index contributed by atoms with van der Waals surface area (Å²) >= 11 is 5.99. The number of nitrogens with zero attached hydrogens (tertiary/aromatic N) is 1. The molecule has 3 N–H and O–H groups in total. The van der Waals surface area contributed by atoms with E-state index in [0.717, 1.165) is 0 Å². The van der Waals surface area contributed by atoms with Crippen LogP contribution in [-0.4, -0.2) is 16.1 Å². The number of aromatic nitrogens is 1. The van der Waals surface area contributed by atoms with E-state index in [1.54, 1.807) is 24.4 Å². The monoisotopic (exact) mass is 248 g/mol. The summed E-state index contributed by atoms with van der Waals surface area (Å²) in [5, 5.41) is 9.39. The predicted octanol–water partition coefficient (Wildman–Crippen LogP) is 2.68. The first-order valence-electron chi connectivity index (χ1n) is 4.82. The summed E-state index contributed by atoms with van der Waals surface area (Å²) in [4.78, 5) is 15.0. The van der Waals surface area contributed by atoms with Crippen LogP contribution >= 0.6 is 11.6 Å². The molecule has 5 heteroatoms. The molecule has 2 rings (SSSR count). The number of hydrogen-bond donors (Lipinski definition) is 2. The number of benzene rings is 1. The summed E-state index contributed by atoms with van der Waals surface area (Å²) in [5.74, 6) is -1.04. The van der Waals surface area contributed by atoms with Crippen molar-refractivity contribution >= 4 is 23.3 Å². The van der Waals surface area contributed by atoms with Gasteiger partial charge in [-0.25, -0.2) is 4.79 Å². The van der Waals surface area contributed by atoms with Crippen molar-refractivity contribution in [3.05, 3.63) is 47.1 Å². The number of rotatable bonds is 2. The molecule has 0 bridgehead atoms. The molecule has 0 aliphatic rings. The van der Waals surface area contributed by atoms with E-state index >= 15 is 0 Å². The van der Waals surface area contributed by atoms with Crippen LogP contribution in [0.25, 0.3) is 11.3 Å². The van der Waals surface area contributed by atoms with Crippen LogP contribution in [0.15, 0.2) is 36.5 Å². The number of aromatic carboxylic acids is 1. The van der Waals surface area contributed by atoms with E-state index in [0.29, 0.717) is 22.0 Å². The number of anilines is 1. The first kappa shape index (κ1) is 11.4. The minimum absolute atomic E-state index is 0.113. The molecule has 1 aromatic carbocycles. The summed E-state index contributed by atoms with van der Waals surface area (Å²) in [7, 11) is 0. The van der Waals surface area contributed by atoms with Crippen molar-refractivity contribution in [2.75, 3.05) is 5.73 Å². The first-order valence-corrected chi connectivity index (χ1v) is 5.20. The highest BCUT2D eigenvalue weighted by atomic mass is 35.5. The molecule has 0 amide bonds. The Hall–Kier alpha value is -2.07. The van der Waals surface area contributed by atoms with E-state index in [2.05, 4.69) is 4.98 Å². The second kappa shape index (κ2) is 4.43. The van der Waals surface area contributed by atoms with Gasteiger partial charge in [0.25, 0.3) is 0 Å². The number of halogens is 1. The highest BCUT2D eigenvalue weighted by molar-refractivity contribution is 6.33. The molecule has 0 saturated heterocycles. The Kier molecular flexibility index (Phi) is 2.97. The van der Waals surface area contributed by atoms with Crippen molar-refractivity contribution in [3.8, 4) is 11.3 Å². The molecule has 4 nitrogen and oxygen atoms in total. The highest BCUT2D eigenvalue weighted by Gasteiger charge is 2.10. The zero-order valence-corrected chi connectivity index (χ0v) is 9.48. The standard InChI is InChI=1S/C12H9ClN2O2/c13-10-2-1-3-15-11(10)7-4-8(12(16)17)6-9(14)5-7/h1-6H,14H2,(H,16,17). The molecule has 0 saturated carbocycles. The van der Waals surface area contributed by atoms with Gasteiger partial charge in [0.1, 0.15) is 0 Å². The van der Waals surface area contributed by atoms with Crippen LogP contribution in [0.4, 0.5) is 5.69 Å². The van der Waals surface area contributed by atoms with Crippen molar-refractivity contribution in [1.82, 2.24) is 4.98 Å². The normalized spacial score (nSPS) is 10.2. The molecular formula is C12H9ClN2O2. The Morgan fingerprint density at radius 1 is 1.35 bits per heavy atom. The lowest BCUT2D eigenvalue weighted by molar-refractivity contribution is 0.0697. The molecular weight excluding hydrogens is 240 g/mol. The molecule has 0 unspecified atom stereocenters. The summed E-state index contributed by atoms with van der Waals surface area (Å²) in [5.41, 5.74) is 7.23. The van der Waals surface area contributed by atoms with E-state index in [9.17, 15) is 4.79 Å². The van der Waals surface area contributed by atoms with Gasteiger partial charge in [0.2, 0.25) is 0 Å². The second-order valence-electron chi connectivity index (χ2n) is 3.48. The third kappa shape index (κ3) is 2.37. The Morgan fingerprint density at radius 2 is 2.12 bits per heavy atom. The van der Waals surface area contributed by atoms with Gasteiger partial charge >= 0.3 is 5.97 Å². The molecule has 86 valence electrons. The third-order valence-electron chi connectivity index (χ3n) is 2.23. The van der Waals surface area contributed by atoms with Crippen LogP contribution < -0.4 is 5.73 Å². The van der Waals surface area contributed by atoms with Crippen LogP contribution in [0.3, 0.4) is 0 Å². The number of pyridine rings is 1. The van der Waals surface area contributed by atoms with E-state index in [-0.39, 0.29) is 5.56 Å². The zero-order chi connectivity index (χ0) is 12.4. The third-order valence-corrected chi connectivity index (χ3v) is 2.54. The van der Waals surface area contributed by atoms with Crippen molar-refractivity contribution in [1.29, 1.82) is 0 Å². The maximum atomic E-state index is 10.9. The fourth-order valence-corrected chi connectivity index (χ4v) is 1.74. The largest absolute Gasteiger partial charge is 0.478 e. The van der Waals surface area contributed by atoms with Gasteiger partial charge in [-0.2, -0.15) is 0 Å². The summed E-state index contributed by atoms with van der Waals surface area (Å²) in [6.07, 6.45) is 1.59. The van der Waals surface area contributed by atoms with Gasteiger partial charge in [-0.3, -0.25) is 4.98 Å². The average Bonchev–Trinajstić information content (AvgIpc) is 2.28. The van der Waals surface area contributed by atoms with Crippen LogP contribution in [0, 0.1) is 0 Å². The molecule has 1 aromatic heterocycles. The molecule has 0 atom stereocenters. The minimum Gasteiger partial charge on any atom is -0.478 e. The lowest BCUT2D eigenvalue weighted by atomic mass is 10.1. The predicted molar refractivity (Wildman–Crippen MR) is 66.1 cm³/mol. The fraction of sp³-hybridized carbons (Fsp3) is 0. The number of nitrogens with two attached hydrogens (primary N) is 1. The SMILES string of the molecule is Nc1cc(C(=O)O)cc(-c2ncccc2Cl)c1. The average molecular weight is 249 g/mol. The van der Waals surface area contributed by atoms with Crippen LogP contribution in [0.5, 0.6) is 0 Å². The van der Waals surface area contributed by atoms with Crippen LogP contribution in [0.2, 0.25) is 5.02 Å². The van der Waals surface area contributed by atoms with E-state index < -0.39 is 5.97 Å². The Bertz CT molecular complexity index is 584. The molecule has 2 aromatic rings. The zero-order valence-electron chi connectivity index (χ0n) is 8.72. The first-order chi connectivity index (χ1) is 8.08. The van der Waals surface area contributed by atoms with Gasteiger partial charge < -0.3 is 10.8 Å². The van der Waals surface area contributed by atoms with Crippen LogP contribution in [0.1, 0.15) is 10.4 Å². The molecule has 0 fully saturated rings. The molecule has 0 aliphatic carbocycles. The summed E-state index contributed by atoms with van der Waals surface area (Å²) in [6.45, 7) is 0. The number of carboxylic acids is 1. The second-order valence-corrected chi connectivity index (χ2v) is 3.89. The summed E-state index contributed by atoms with van der Waals surface area (Å²) in [6, 6.07) is 7.92. The maximum absolute atomic E-state index is 10.9. The molecule has 1 heterocycles. The van der Waals surface area contributed by atoms with Gasteiger partial charge in [0.15, 0.2) is 0 Å². The maximum Gasteiger partial charge on any atom is 0.335 e. The highest BCUT2D eigenvalue weighted by Crippen LogP contribution is 2.27. The topological polar surface area (TPSA) is 76.2 Å². The lowest BCUT2D eigenvalue weighted by Crippen LogP contribution is -1.99. The fourth-order valence-electron chi connectivity index (χ4n) is 1.51. The van der Waals surface area contributed by atoms with Crippen molar-refractivity contribution in [2.24, 2.45) is 0 Å². The summed E-state index contributed by atoms with van der Waals surface area (Å²) < 4.78 is 0. The van der Waals surface area contributed by atoms with Crippen molar-refractivity contribution in [3.63, 3.8) is 0 Å². The quantitative estimate of drug-likeness (QED) is 0.801. The number of nitrogen functional groups attached to an aromatic ring is 1. The van der Waals surface area contributed by atoms with E-state index in [4.69, 9.17) is 22.4 Å². The molecule has 0 spiro atoms. The van der Waals surface area contributed by atoms with Crippen molar-refractivity contribution in [2.45, 2.75) is 0 Å². The molecule has 17 heavy (non-hydrogen) atoms. The Balaban J connectivity index is 2.60. The Morgan fingerprint density at radius 3 is 2.76 bits per heavy atom. The molecule has 0 aliphatic heterocycles. The minimum atomic E-state index is -1.04. The Labute approximate surface area is 103 Å². The van der Waals surface area contributed by atoms with Crippen LogP contribution in [-0.2, 0) is 0 Å². The van der Waals surface area contributed by atoms with Crippen molar-refractivity contribution < 1.29 is 9.90 Å². The van der Waals surface area contributed by atoms with Gasteiger partial charge in [0, 0.05) is 17.4 Å². The number of carbonyl (C=O) groups is 1. The van der Waals surface area contributed by atoms with Gasteiger partial charge in [-0.1, -0.05) is 11.6 Å². The van der Waals surface area contributed by atoms with Gasteiger partial charge in [0.05, 0.1) is 16.3 Å². The lowest BCUT2D eigenvalue weighted by Gasteiger charge is -2.06. The van der Waals surface area contributed by atoms with Gasteiger partial charge in [-0.05, 0) is 30.3 Å². The number of hydrogen-bond acceptors (Lipinski definition) is 3.